The summed E-state index contributed by atoms with van der Waals surface area (Å²) < 4.78 is 43.2. The smallest absolute Gasteiger partial charge is 0.347 e. The van der Waals surface area contributed by atoms with Crippen molar-refractivity contribution in [1.82, 2.24) is 40.6 Å². The Kier molecular flexibility index (Phi) is 7.94. The van der Waals surface area contributed by atoms with Gasteiger partial charge in [-0.1, -0.05) is 31.0 Å². The molecule has 1 atom stereocenters. The predicted molar refractivity (Wildman–Crippen MR) is 134 cm³/mol. The van der Waals surface area contributed by atoms with Crippen molar-refractivity contribution in [1.29, 1.82) is 0 Å². The van der Waals surface area contributed by atoms with Gasteiger partial charge in [0.25, 0.3) is 5.91 Å². The lowest BCUT2D eigenvalue weighted by atomic mass is 10.0. The quantitative estimate of drug-likeness (QED) is 0.384. The van der Waals surface area contributed by atoms with Crippen molar-refractivity contribution in [3.8, 4) is 11.3 Å². The van der Waals surface area contributed by atoms with Crippen molar-refractivity contribution in [2.75, 3.05) is 6.54 Å². The molecule has 1 saturated heterocycles. The van der Waals surface area contributed by atoms with Crippen LogP contribution in [0, 0.1) is 0 Å². The highest BCUT2D eigenvalue weighted by Gasteiger charge is 2.35. The lowest BCUT2D eigenvalue weighted by Gasteiger charge is -2.27. The molecule has 1 aliphatic carbocycles. The first-order valence-electron chi connectivity index (χ1n) is 13.3. The molecule has 40 heavy (non-hydrogen) atoms. The Morgan fingerprint density at radius 1 is 1.10 bits per heavy atom. The monoisotopic (exact) mass is 558 g/mol. The Morgan fingerprint density at radius 3 is 2.50 bits per heavy atom. The van der Waals surface area contributed by atoms with Gasteiger partial charge in [0.05, 0.1) is 17.3 Å². The molecule has 11 nitrogen and oxygen atoms in total. The number of nitrogens with one attached hydrogen (secondary N) is 2. The highest BCUT2D eigenvalue weighted by molar-refractivity contribution is 5.97. The molecule has 0 radical (unpaired) electrons. The van der Waals surface area contributed by atoms with Gasteiger partial charge >= 0.3 is 6.18 Å². The number of rotatable bonds is 9. The fourth-order valence-electron chi connectivity index (χ4n) is 5.40. The van der Waals surface area contributed by atoms with E-state index in [1.165, 1.54) is 29.2 Å². The first kappa shape index (κ1) is 27.5. The molecule has 3 amide bonds. The van der Waals surface area contributed by atoms with Crippen LogP contribution in [-0.2, 0) is 22.2 Å². The van der Waals surface area contributed by atoms with Gasteiger partial charge in [0.15, 0.2) is 5.69 Å². The zero-order chi connectivity index (χ0) is 28.3. The van der Waals surface area contributed by atoms with E-state index in [0.717, 1.165) is 31.7 Å². The third kappa shape index (κ3) is 6.05. The minimum absolute atomic E-state index is 0.0234. The summed E-state index contributed by atoms with van der Waals surface area (Å²) >= 11 is 0. The van der Waals surface area contributed by atoms with E-state index < -0.39 is 23.7 Å². The Labute approximate surface area is 227 Å². The first-order valence-corrected chi connectivity index (χ1v) is 13.3. The number of amides is 3. The summed E-state index contributed by atoms with van der Waals surface area (Å²) in [5.74, 6) is -0.717. The summed E-state index contributed by atoms with van der Waals surface area (Å²) in [5, 5.41) is 20.9. The number of tetrazole rings is 1. The van der Waals surface area contributed by atoms with E-state index in [4.69, 9.17) is 0 Å². The van der Waals surface area contributed by atoms with E-state index >= 15 is 0 Å². The molecule has 0 spiro atoms. The predicted octanol–water partition coefficient (Wildman–Crippen LogP) is 3.47. The number of piperidine rings is 1. The molecule has 2 N–H and O–H groups in total. The molecule has 3 aromatic rings. The van der Waals surface area contributed by atoms with Crippen LogP contribution in [0.25, 0.3) is 11.3 Å². The minimum atomic E-state index is -4.58. The van der Waals surface area contributed by atoms with Gasteiger partial charge in [0, 0.05) is 37.4 Å². The number of halogens is 3. The van der Waals surface area contributed by atoms with Gasteiger partial charge in [-0.25, -0.2) is 5.10 Å². The van der Waals surface area contributed by atoms with Crippen LogP contribution in [0.2, 0.25) is 0 Å². The maximum absolute atomic E-state index is 13.9. The first-order chi connectivity index (χ1) is 19.2. The molecule has 1 aromatic carbocycles. The maximum Gasteiger partial charge on any atom is 0.417 e. The number of alkyl halides is 3. The third-order valence-electron chi connectivity index (χ3n) is 7.40. The van der Waals surface area contributed by atoms with E-state index in [2.05, 4.69) is 31.0 Å². The number of aromatic nitrogens is 6. The number of imide groups is 1. The number of nitrogens with zero attached hydrogens (tertiary/aromatic N) is 6. The fourth-order valence-corrected chi connectivity index (χ4v) is 5.40. The molecule has 0 unspecified atom stereocenters. The standard InChI is InChI=1S/C26H29F3N8O3/c27-26(28,29)19-9-4-3-8-18(19)21-15-20(33-37(21)17-6-1-2-7-17)25(40)30-16(14-22-31-34-35-32-22)12-13-36-23(38)10-5-11-24(36)39/h3-4,8-9,15-17H,1-2,5-7,10-14H2,(H,30,40)(H,31,32,34,35)/t16-/m0/s1. The van der Waals surface area contributed by atoms with Crippen LogP contribution in [0.4, 0.5) is 13.2 Å². The second-order valence-corrected chi connectivity index (χ2v) is 10.1. The van der Waals surface area contributed by atoms with Gasteiger partial charge < -0.3 is 5.32 Å². The number of H-pyrrole nitrogens is 1. The Morgan fingerprint density at radius 2 is 1.82 bits per heavy atom. The maximum atomic E-state index is 13.9. The number of aromatic amines is 1. The molecule has 2 fully saturated rings. The molecule has 5 rings (SSSR count). The Bertz CT molecular complexity index is 1350. The van der Waals surface area contributed by atoms with E-state index in [1.54, 1.807) is 4.68 Å². The molecule has 3 heterocycles. The van der Waals surface area contributed by atoms with Gasteiger partial charge in [-0.05, 0) is 48.2 Å². The van der Waals surface area contributed by atoms with E-state index in [1.807, 2.05) is 0 Å². The topological polar surface area (TPSA) is 139 Å². The molecule has 2 aliphatic rings. The summed E-state index contributed by atoms with van der Waals surface area (Å²) in [4.78, 5) is 39.2. The average Bonchev–Trinajstić information content (AvgIpc) is 3.70. The average molecular weight is 559 g/mol. The van der Waals surface area contributed by atoms with Gasteiger partial charge in [0.2, 0.25) is 11.8 Å². The van der Waals surface area contributed by atoms with Crippen LogP contribution in [-0.4, -0.2) is 65.6 Å². The summed E-state index contributed by atoms with van der Waals surface area (Å²) in [5.41, 5.74) is -0.636. The van der Waals surface area contributed by atoms with Gasteiger partial charge in [-0.2, -0.15) is 18.3 Å². The zero-order valence-corrected chi connectivity index (χ0v) is 21.7. The zero-order valence-electron chi connectivity index (χ0n) is 21.7. The normalized spacial score (nSPS) is 17.4. The van der Waals surface area contributed by atoms with Crippen LogP contribution in [0.5, 0.6) is 0 Å². The highest BCUT2D eigenvalue weighted by atomic mass is 19.4. The number of benzene rings is 1. The molecule has 14 heteroatoms. The number of carbonyl (C=O) groups is 3. The molecular formula is C26H29F3N8O3. The molecule has 212 valence electrons. The van der Waals surface area contributed by atoms with Crippen molar-refractivity contribution in [3.63, 3.8) is 0 Å². The van der Waals surface area contributed by atoms with Crippen LogP contribution in [0.1, 0.15) is 79.3 Å². The van der Waals surface area contributed by atoms with Crippen LogP contribution < -0.4 is 5.32 Å². The summed E-state index contributed by atoms with van der Waals surface area (Å²) in [6.45, 7) is 0.102. The van der Waals surface area contributed by atoms with Gasteiger partial charge in [-0.3, -0.25) is 24.0 Å². The summed E-state index contributed by atoms with van der Waals surface area (Å²) in [7, 11) is 0. The van der Waals surface area contributed by atoms with E-state index in [9.17, 15) is 27.6 Å². The number of hydrogen-bond acceptors (Lipinski definition) is 7. The van der Waals surface area contributed by atoms with Crippen molar-refractivity contribution in [2.45, 2.75) is 76.0 Å². The fraction of sp³-hybridized carbons (Fsp3) is 0.500. The summed E-state index contributed by atoms with van der Waals surface area (Å²) in [6.07, 6.45) is 0.280. The van der Waals surface area contributed by atoms with Gasteiger partial charge in [-0.15, -0.1) is 5.10 Å². The van der Waals surface area contributed by atoms with Crippen molar-refractivity contribution in [3.05, 3.63) is 47.4 Å². The van der Waals surface area contributed by atoms with Crippen LogP contribution in [0.3, 0.4) is 0 Å². The summed E-state index contributed by atoms with van der Waals surface area (Å²) in [6, 6.07) is 5.95. The lowest BCUT2D eigenvalue weighted by molar-refractivity contribution is -0.148. The second-order valence-electron chi connectivity index (χ2n) is 10.1. The van der Waals surface area contributed by atoms with Crippen LogP contribution >= 0.6 is 0 Å². The molecule has 1 aliphatic heterocycles. The van der Waals surface area contributed by atoms with Crippen molar-refractivity contribution in [2.24, 2.45) is 0 Å². The number of likely N-dealkylation sites (tertiary alicyclic amines) is 1. The van der Waals surface area contributed by atoms with Crippen molar-refractivity contribution < 1.29 is 27.6 Å². The lowest BCUT2D eigenvalue weighted by Crippen LogP contribution is -2.44. The third-order valence-corrected chi connectivity index (χ3v) is 7.40. The molecule has 0 bridgehead atoms. The molecule has 1 saturated carbocycles. The van der Waals surface area contributed by atoms with E-state index in [0.29, 0.717) is 12.2 Å². The number of hydrogen-bond donors (Lipinski definition) is 2. The van der Waals surface area contributed by atoms with Gasteiger partial charge in [0.1, 0.15) is 5.82 Å². The second kappa shape index (κ2) is 11.6. The van der Waals surface area contributed by atoms with Crippen molar-refractivity contribution >= 4 is 17.7 Å². The molecular weight excluding hydrogens is 529 g/mol. The highest BCUT2D eigenvalue weighted by Crippen LogP contribution is 2.40. The van der Waals surface area contributed by atoms with E-state index in [-0.39, 0.29) is 67.0 Å². The largest absolute Gasteiger partial charge is 0.417 e. The van der Waals surface area contributed by atoms with Crippen LogP contribution in [0.15, 0.2) is 30.3 Å². The Balaban J connectivity index is 1.41. The number of carbonyl (C=O) groups excluding carboxylic acids is 3. The SMILES string of the molecule is O=C(N[C@@H](CCN1C(=O)CCCC1=O)Cc1nnn[nH]1)c1cc(-c2ccccc2C(F)(F)F)n(C2CCCC2)n1. The Hall–Kier alpha value is -4.10. The molecule has 2 aromatic heterocycles. The minimum Gasteiger partial charge on any atom is -0.347 e.